The van der Waals surface area contributed by atoms with Gasteiger partial charge in [0.15, 0.2) is 6.61 Å². The molecule has 1 fully saturated rings. The lowest BCUT2D eigenvalue weighted by Crippen LogP contribution is -2.28. The molecular weight excluding hydrogens is 344 g/mol. The fourth-order valence-corrected chi connectivity index (χ4v) is 4.22. The third-order valence-electron chi connectivity index (χ3n) is 4.01. The van der Waals surface area contributed by atoms with E-state index in [1.807, 2.05) is 0 Å². The summed E-state index contributed by atoms with van der Waals surface area (Å²) in [5.74, 6) is -1.10. The molecule has 0 bridgehead atoms. The number of Topliss-reactive ketones (excluding diaryl/α,β-unsaturated/α-hetero) is 1. The largest absolute Gasteiger partial charge is 0.454 e. The summed E-state index contributed by atoms with van der Waals surface area (Å²) in [7, 11) is -3.61. The summed E-state index contributed by atoms with van der Waals surface area (Å²) in [5.41, 5.74) is 0.442. The van der Waals surface area contributed by atoms with Gasteiger partial charge in [0.25, 0.3) is 0 Å². The number of esters is 1. The topological polar surface area (TPSA) is 96.5 Å². The third-order valence-corrected chi connectivity index (χ3v) is 5.90. The van der Waals surface area contributed by atoms with Crippen LogP contribution in [0.25, 0.3) is 0 Å². The van der Waals surface area contributed by atoms with Gasteiger partial charge >= 0.3 is 5.97 Å². The zero-order valence-corrected chi connectivity index (χ0v) is 14.3. The summed E-state index contributed by atoms with van der Waals surface area (Å²) in [4.78, 5) is 26.7. The van der Waals surface area contributed by atoms with Gasteiger partial charge in [-0.2, -0.15) is 4.31 Å². The van der Waals surface area contributed by atoms with Crippen LogP contribution in [0.1, 0.15) is 33.7 Å². The molecule has 1 aromatic carbocycles. The average Bonchev–Trinajstić information content (AvgIpc) is 3.33. The lowest BCUT2D eigenvalue weighted by atomic mass is 10.2. The summed E-state index contributed by atoms with van der Waals surface area (Å²) in [6.07, 6.45) is 3.27. The van der Waals surface area contributed by atoms with Crippen molar-refractivity contribution in [1.82, 2.24) is 9.29 Å². The minimum atomic E-state index is -3.61. The van der Waals surface area contributed by atoms with Crippen LogP contribution in [-0.4, -0.2) is 49.2 Å². The predicted molar refractivity (Wildman–Crippen MR) is 89.8 cm³/mol. The van der Waals surface area contributed by atoms with Crippen molar-refractivity contribution in [1.29, 1.82) is 0 Å². The van der Waals surface area contributed by atoms with Crippen LogP contribution in [0.4, 0.5) is 0 Å². The van der Waals surface area contributed by atoms with Crippen molar-refractivity contribution < 1.29 is 22.7 Å². The molecule has 1 N–H and O–H groups in total. The number of ketones is 1. The molecular formula is C17H18N2O5S. The Balaban J connectivity index is 1.70. The molecule has 2 aromatic rings. The minimum absolute atomic E-state index is 0.0551. The van der Waals surface area contributed by atoms with Gasteiger partial charge in [-0.15, -0.1) is 0 Å². The molecule has 7 nitrogen and oxygen atoms in total. The third kappa shape index (κ3) is 3.80. The summed E-state index contributed by atoms with van der Waals surface area (Å²) >= 11 is 0. The fraction of sp³-hybridized carbons (Fsp3) is 0.294. The zero-order valence-electron chi connectivity index (χ0n) is 13.5. The van der Waals surface area contributed by atoms with Crippen molar-refractivity contribution in [2.75, 3.05) is 19.7 Å². The number of hydrogen-bond acceptors (Lipinski definition) is 5. The number of carbonyl (C=O) groups excluding carboxylic acids is 2. The number of rotatable bonds is 6. The first kappa shape index (κ1) is 17.4. The Hall–Kier alpha value is -2.45. The van der Waals surface area contributed by atoms with Gasteiger partial charge in [-0.05, 0) is 43.2 Å². The highest BCUT2D eigenvalue weighted by Gasteiger charge is 2.27. The number of benzene rings is 1. The molecule has 0 spiro atoms. The average molecular weight is 362 g/mol. The number of carbonyl (C=O) groups is 2. The highest BCUT2D eigenvalue weighted by Crippen LogP contribution is 2.21. The minimum Gasteiger partial charge on any atom is -0.454 e. The second-order valence-electron chi connectivity index (χ2n) is 5.72. The number of hydrogen-bond donors (Lipinski definition) is 1. The summed E-state index contributed by atoms with van der Waals surface area (Å²) in [5, 5.41) is 0. The van der Waals surface area contributed by atoms with E-state index in [2.05, 4.69) is 4.98 Å². The molecule has 0 unspecified atom stereocenters. The van der Waals surface area contributed by atoms with Crippen LogP contribution >= 0.6 is 0 Å². The van der Waals surface area contributed by atoms with Crippen LogP contribution in [0.3, 0.4) is 0 Å². The van der Waals surface area contributed by atoms with E-state index in [4.69, 9.17) is 4.74 Å². The van der Waals surface area contributed by atoms with Gasteiger partial charge in [0, 0.05) is 19.3 Å². The number of ether oxygens (including phenoxy) is 1. The smallest absolute Gasteiger partial charge is 0.338 e. The molecule has 3 rings (SSSR count). The first-order valence-corrected chi connectivity index (χ1v) is 9.36. The maximum atomic E-state index is 12.5. The molecule has 1 aliphatic heterocycles. The lowest BCUT2D eigenvalue weighted by molar-refractivity contribution is 0.0473. The summed E-state index contributed by atoms with van der Waals surface area (Å²) < 4.78 is 31.5. The van der Waals surface area contributed by atoms with Crippen molar-refractivity contribution in [2.45, 2.75) is 17.7 Å². The Kier molecular flexibility index (Phi) is 5.00. The molecule has 1 aliphatic rings. The molecule has 0 saturated carbocycles. The molecule has 1 aromatic heterocycles. The van der Waals surface area contributed by atoms with Crippen LogP contribution < -0.4 is 0 Å². The second-order valence-corrected chi connectivity index (χ2v) is 7.66. The van der Waals surface area contributed by atoms with Crippen LogP contribution in [0.5, 0.6) is 0 Å². The van der Waals surface area contributed by atoms with Gasteiger partial charge in [0.05, 0.1) is 16.2 Å². The zero-order chi connectivity index (χ0) is 17.9. The van der Waals surface area contributed by atoms with Crippen LogP contribution in [0.15, 0.2) is 47.5 Å². The molecule has 0 aliphatic carbocycles. The maximum absolute atomic E-state index is 12.5. The first-order chi connectivity index (χ1) is 12.0. The highest BCUT2D eigenvalue weighted by atomic mass is 32.2. The molecule has 8 heteroatoms. The molecule has 1 saturated heterocycles. The number of H-pyrrole nitrogens is 1. The molecule has 0 radical (unpaired) electrons. The van der Waals surface area contributed by atoms with Crippen molar-refractivity contribution in [3.8, 4) is 0 Å². The second kappa shape index (κ2) is 7.20. The van der Waals surface area contributed by atoms with Gasteiger partial charge in [-0.25, -0.2) is 13.2 Å². The standard InChI is InChI=1S/C17H18N2O5S/c20-16(15-7-4-8-18-15)12-24-17(21)13-5-3-6-14(11-13)25(22,23)19-9-1-2-10-19/h3-8,11,18H,1-2,9-10,12H2. The Morgan fingerprint density at radius 2 is 1.88 bits per heavy atom. The fourth-order valence-electron chi connectivity index (χ4n) is 2.66. The van der Waals surface area contributed by atoms with E-state index in [1.165, 1.54) is 28.6 Å². The van der Waals surface area contributed by atoms with E-state index in [1.54, 1.807) is 18.3 Å². The molecule has 25 heavy (non-hydrogen) atoms. The molecule has 132 valence electrons. The monoisotopic (exact) mass is 362 g/mol. The van der Waals surface area contributed by atoms with Crippen LogP contribution in [0.2, 0.25) is 0 Å². The van der Waals surface area contributed by atoms with Gasteiger partial charge in [-0.3, -0.25) is 4.79 Å². The maximum Gasteiger partial charge on any atom is 0.338 e. The van der Waals surface area contributed by atoms with E-state index in [0.29, 0.717) is 18.8 Å². The van der Waals surface area contributed by atoms with E-state index >= 15 is 0 Å². The number of aromatic amines is 1. The van der Waals surface area contributed by atoms with Crippen molar-refractivity contribution in [2.24, 2.45) is 0 Å². The van der Waals surface area contributed by atoms with Crippen molar-refractivity contribution in [3.05, 3.63) is 53.9 Å². The van der Waals surface area contributed by atoms with E-state index < -0.39 is 22.6 Å². The quantitative estimate of drug-likeness (QED) is 0.625. The van der Waals surface area contributed by atoms with Crippen LogP contribution in [0, 0.1) is 0 Å². The number of sulfonamides is 1. The number of nitrogens with zero attached hydrogens (tertiary/aromatic N) is 1. The van der Waals surface area contributed by atoms with Crippen LogP contribution in [-0.2, 0) is 14.8 Å². The normalized spacial score (nSPS) is 15.2. The molecule has 0 atom stereocenters. The number of aromatic nitrogens is 1. The highest BCUT2D eigenvalue weighted by molar-refractivity contribution is 7.89. The molecule has 2 heterocycles. The van der Waals surface area contributed by atoms with E-state index in [0.717, 1.165) is 12.8 Å². The Bertz CT molecular complexity index is 868. The number of nitrogens with one attached hydrogen (secondary N) is 1. The summed E-state index contributed by atoms with van der Waals surface area (Å²) in [6.45, 7) is 0.561. The van der Waals surface area contributed by atoms with Gasteiger partial charge in [0.2, 0.25) is 15.8 Å². The SMILES string of the molecule is O=C(OCC(=O)c1ccc[nH]1)c1cccc(S(=O)(=O)N2CCCC2)c1. The lowest BCUT2D eigenvalue weighted by Gasteiger charge is -2.15. The van der Waals surface area contributed by atoms with E-state index in [-0.39, 0.29) is 16.2 Å². The Morgan fingerprint density at radius 1 is 1.12 bits per heavy atom. The first-order valence-electron chi connectivity index (χ1n) is 7.92. The van der Waals surface area contributed by atoms with Gasteiger partial charge in [-0.1, -0.05) is 6.07 Å². The predicted octanol–water partition coefficient (Wildman–Crippen LogP) is 1.84. The Labute approximate surface area is 145 Å². The summed E-state index contributed by atoms with van der Waals surface area (Å²) in [6, 6.07) is 8.95. The Morgan fingerprint density at radius 3 is 2.56 bits per heavy atom. The van der Waals surface area contributed by atoms with Gasteiger partial charge < -0.3 is 9.72 Å². The van der Waals surface area contributed by atoms with E-state index in [9.17, 15) is 18.0 Å². The van der Waals surface area contributed by atoms with Gasteiger partial charge in [0.1, 0.15) is 0 Å². The van der Waals surface area contributed by atoms with Crippen molar-refractivity contribution in [3.63, 3.8) is 0 Å². The molecule has 0 amide bonds. The van der Waals surface area contributed by atoms with Crippen molar-refractivity contribution >= 4 is 21.8 Å².